The van der Waals surface area contributed by atoms with E-state index in [9.17, 15) is 9.90 Å². The van der Waals surface area contributed by atoms with Crippen LogP contribution in [0.1, 0.15) is 41.1 Å². The molecule has 0 spiro atoms. The molecule has 184 valence electrons. The van der Waals surface area contributed by atoms with Crippen LogP contribution in [0.5, 0.6) is 0 Å². The van der Waals surface area contributed by atoms with Crippen molar-refractivity contribution in [2.75, 3.05) is 46.4 Å². The molecule has 2 heterocycles. The van der Waals surface area contributed by atoms with Crippen molar-refractivity contribution in [1.82, 2.24) is 20.1 Å². The maximum atomic E-state index is 11.6. The summed E-state index contributed by atoms with van der Waals surface area (Å²) >= 11 is 0. The van der Waals surface area contributed by atoms with Gasteiger partial charge in [-0.3, -0.25) is 9.78 Å². The highest BCUT2D eigenvalue weighted by atomic mass is 16.5. The minimum Gasteiger partial charge on any atom is -0.390 e. The molecule has 4 rings (SSSR count). The zero-order valence-electron chi connectivity index (χ0n) is 20.2. The lowest BCUT2D eigenvalue weighted by Crippen LogP contribution is -2.42. The van der Waals surface area contributed by atoms with Gasteiger partial charge in [0.05, 0.1) is 18.3 Å². The first-order chi connectivity index (χ1) is 16.6. The van der Waals surface area contributed by atoms with Gasteiger partial charge in [-0.15, -0.1) is 0 Å². The van der Waals surface area contributed by atoms with Crippen LogP contribution in [0.4, 0.5) is 0 Å². The van der Waals surface area contributed by atoms with E-state index in [0.717, 1.165) is 51.0 Å². The van der Waals surface area contributed by atoms with Gasteiger partial charge in [0.15, 0.2) is 0 Å². The predicted octanol–water partition coefficient (Wildman–Crippen LogP) is 1.98. The van der Waals surface area contributed by atoms with E-state index in [2.05, 4.69) is 45.5 Å². The number of aromatic nitrogens is 1. The largest absolute Gasteiger partial charge is 0.390 e. The van der Waals surface area contributed by atoms with Gasteiger partial charge in [-0.2, -0.15) is 0 Å². The molecule has 2 aromatic rings. The molecule has 2 aliphatic rings. The number of benzene rings is 1. The summed E-state index contributed by atoms with van der Waals surface area (Å²) in [6.07, 6.45) is 6.53. The average molecular weight is 467 g/mol. The summed E-state index contributed by atoms with van der Waals surface area (Å²) < 4.78 is 5.44. The Morgan fingerprint density at radius 3 is 2.53 bits per heavy atom. The molecule has 1 saturated heterocycles. The van der Waals surface area contributed by atoms with Gasteiger partial charge in [-0.1, -0.05) is 30.3 Å². The van der Waals surface area contributed by atoms with Crippen molar-refractivity contribution in [3.05, 3.63) is 65.0 Å². The Morgan fingerprint density at radius 1 is 1.15 bits per heavy atom. The van der Waals surface area contributed by atoms with Gasteiger partial charge < -0.3 is 25.0 Å². The van der Waals surface area contributed by atoms with E-state index in [1.54, 1.807) is 4.90 Å². The molecular formula is C27H38N4O3. The van der Waals surface area contributed by atoms with E-state index >= 15 is 0 Å². The van der Waals surface area contributed by atoms with E-state index in [0.29, 0.717) is 44.7 Å². The Hall–Kier alpha value is -2.32. The summed E-state index contributed by atoms with van der Waals surface area (Å²) in [7, 11) is 1.98. The first kappa shape index (κ1) is 24.8. The molecule has 1 aromatic heterocycles. The molecule has 7 nitrogen and oxygen atoms in total. The fraction of sp³-hybridized carbons (Fsp3) is 0.556. The highest BCUT2D eigenvalue weighted by Gasteiger charge is 2.21. The molecule has 1 amide bonds. The van der Waals surface area contributed by atoms with Crippen LogP contribution in [-0.4, -0.2) is 84.9 Å². The maximum absolute atomic E-state index is 11.6. The minimum absolute atomic E-state index is 0.397. The number of nitrogens with one attached hydrogen (secondary N) is 1. The molecule has 1 unspecified atom stereocenters. The third kappa shape index (κ3) is 7.09. The summed E-state index contributed by atoms with van der Waals surface area (Å²) in [5, 5.41) is 14.0. The molecule has 34 heavy (non-hydrogen) atoms. The number of rotatable bonds is 12. The molecule has 7 heteroatoms. The minimum atomic E-state index is -0.446. The second-order valence-electron chi connectivity index (χ2n) is 9.74. The van der Waals surface area contributed by atoms with Crippen LogP contribution in [0.25, 0.3) is 0 Å². The summed E-state index contributed by atoms with van der Waals surface area (Å²) in [6.45, 7) is 4.57. The summed E-state index contributed by atoms with van der Waals surface area (Å²) in [5.74, 6) is 0.524. The molecule has 1 fully saturated rings. The fourth-order valence-electron chi connectivity index (χ4n) is 5.00. The summed E-state index contributed by atoms with van der Waals surface area (Å²) in [5.41, 5.74) is 4.97. The van der Waals surface area contributed by atoms with Gasteiger partial charge >= 0.3 is 0 Å². The Bertz CT molecular complexity index is 876. The number of hydrogen-bond donors (Lipinski definition) is 2. The van der Waals surface area contributed by atoms with Crippen molar-refractivity contribution in [3.63, 3.8) is 0 Å². The van der Waals surface area contributed by atoms with Crippen molar-refractivity contribution < 1.29 is 14.6 Å². The first-order valence-electron chi connectivity index (χ1n) is 12.5. The number of carbonyl (C=O) groups excluding carboxylic acids is 1. The topological polar surface area (TPSA) is 77.9 Å². The van der Waals surface area contributed by atoms with Gasteiger partial charge in [-0.05, 0) is 61.4 Å². The molecule has 1 aliphatic carbocycles. The lowest BCUT2D eigenvalue weighted by Gasteiger charge is -2.25. The van der Waals surface area contributed by atoms with Crippen molar-refractivity contribution in [2.24, 2.45) is 0 Å². The molecule has 1 atom stereocenters. The van der Waals surface area contributed by atoms with Crippen LogP contribution >= 0.6 is 0 Å². The first-order valence-corrected chi connectivity index (χ1v) is 12.5. The number of ether oxygens (including phenoxy) is 1. The van der Waals surface area contributed by atoms with Gasteiger partial charge in [0.25, 0.3) is 0 Å². The van der Waals surface area contributed by atoms with Crippen LogP contribution in [0.2, 0.25) is 0 Å². The maximum Gasteiger partial charge on any atom is 0.210 e. The number of carbonyl (C=O) groups is 1. The number of pyridine rings is 1. The normalized spacial score (nSPS) is 17.6. The molecule has 2 N–H and O–H groups in total. The van der Waals surface area contributed by atoms with Crippen molar-refractivity contribution >= 4 is 6.41 Å². The molecule has 0 radical (unpaired) electrons. The fourth-order valence-corrected chi connectivity index (χ4v) is 5.00. The smallest absolute Gasteiger partial charge is 0.210 e. The Balaban J connectivity index is 1.14. The lowest BCUT2D eigenvalue weighted by molar-refractivity contribution is -0.118. The Kier molecular flexibility index (Phi) is 9.04. The second kappa shape index (κ2) is 12.4. The molecule has 0 bridgehead atoms. The predicted molar refractivity (Wildman–Crippen MR) is 133 cm³/mol. The monoisotopic (exact) mass is 466 g/mol. The Labute approximate surface area is 203 Å². The van der Waals surface area contributed by atoms with Crippen molar-refractivity contribution in [2.45, 2.75) is 50.3 Å². The van der Waals surface area contributed by atoms with Gasteiger partial charge in [0, 0.05) is 51.6 Å². The molecule has 1 aliphatic heterocycles. The zero-order valence-corrected chi connectivity index (χ0v) is 20.2. The highest BCUT2D eigenvalue weighted by molar-refractivity contribution is 5.47. The zero-order chi connectivity index (χ0) is 23.8. The van der Waals surface area contributed by atoms with Crippen LogP contribution in [0, 0.1) is 0 Å². The number of amides is 1. The third-order valence-electron chi connectivity index (χ3n) is 7.04. The van der Waals surface area contributed by atoms with E-state index in [1.165, 1.54) is 16.7 Å². The van der Waals surface area contributed by atoms with Crippen LogP contribution in [-0.2, 0) is 28.9 Å². The number of hydrogen-bond acceptors (Lipinski definition) is 6. The van der Waals surface area contributed by atoms with Crippen molar-refractivity contribution in [3.8, 4) is 0 Å². The second-order valence-corrected chi connectivity index (χ2v) is 9.74. The number of likely N-dealkylation sites (N-methyl/N-ethyl adjacent to an activating group) is 1. The number of fused-ring (bicyclic) bond motifs is 1. The van der Waals surface area contributed by atoms with E-state index < -0.39 is 6.10 Å². The molecule has 0 saturated carbocycles. The summed E-state index contributed by atoms with van der Waals surface area (Å²) in [6, 6.07) is 13.1. The quantitative estimate of drug-likeness (QED) is 0.466. The molecule has 1 aromatic carbocycles. The Morgan fingerprint density at radius 2 is 1.88 bits per heavy atom. The molecular weight excluding hydrogens is 428 g/mol. The lowest BCUT2D eigenvalue weighted by atomic mass is 9.93. The SMILES string of the molecule is CN(CCN(C=O)Cc1ccc(C2CCOCC2)cn1)CC(O)CNC1Cc2ccccc2C1. The van der Waals surface area contributed by atoms with Crippen molar-refractivity contribution in [1.29, 1.82) is 0 Å². The number of aliphatic hydroxyl groups excluding tert-OH is 1. The van der Waals surface area contributed by atoms with E-state index in [4.69, 9.17) is 4.74 Å². The van der Waals surface area contributed by atoms with E-state index in [1.807, 2.05) is 19.3 Å². The van der Waals surface area contributed by atoms with Crippen LogP contribution in [0.3, 0.4) is 0 Å². The summed E-state index contributed by atoms with van der Waals surface area (Å²) in [4.78, 5) is 20.0. The van der Waals surface area contributed by atoms with Gasteiger partial charge in [0.1, 0.15) is 0 Å². The third-order valence-corrected chi connectivity index (χ3v) is 7.04. The number of nitrogens with zero attached hydrogens (tertiary/aromatic N) is 3. The van der Waals surface area contributed by atoms with Gasteiger partial charge in [0.2, 0.25) is 6.41 Å². The van der Waals surface area contributed by atoms with Crippen LogP contribution in [0.15, 0.2) is 42.6 Å². The van der Waals surface area contributed by atoms with Crippen LogP contribution < -0.4 is 5.32 Å². The average Bonchev–Trinajstić information content (AvgIpc) is 3.29. The highest BCUT2D eigenvalue weighted by Crippen LogP contribution is 2.26. The standard InChI is InChI=1S/C27H38N4O3/c1-30(19-27(33)17-29-26-14-22-4-2-3-5-23(22)15-26)10-11-31(20-32)18-25-7-6-24(16-28-25)21-8-12-34-13-9-21/h2-7,16,20-21,26-27,29,33H,8-15,17-19H2,1H3. The van der Waals surface area contributed by atoms with E-state index in [-0.39, 0.29) is 0 Å². The number of aliphatic hydroxyl groups is 1. The van der Waals surface area contributed by atoms with Gasteiger partial charge in [-0.25, -0.2) is 0 Å².